The van der Waals surface area contributed by atoms with Gasteiger partial charge in [-0.3, -0.25) is 0 Å². The van der Waals surface area contributed by atoms with Crippen molar-refractivity contribution in [3.63, 3.8) is 0 Å². The Hall–Kier alpha value is -1.24. The van der Waals surface area contributed by atoms with Crippen molar-refractivity contribution in [2.75, 3.05) is 19.6 Å². The van der Waals surface area contributed by atoms with E-state index in [9.17, 15) is 5.11 Å². The van der Waals surface area contributed by atoms with Crippen LogP contribution in [0.25, 0.3) is 10.7 Å². The second-order valence-electron chi connectivity index (χ2n) is 4.84. The highest BCUT2D eigenvalue weighted by Crippen LogP contribution is 2.21. The van der Waals surface area contributed by atoms with Crippen molar-refractivity contribution < 1.29 is 9.63 Å². The van der Waals surface area contributed by atoms with Crippen LogP contribution < -0.4 is 0 Å². The highest BCUT2D eigenvalue weighted by Gasteiger charge is 2.19. The Bertz CT molecular complexity index is 512. The lowest BCUT2D eigenvalue weighted by Crippen LogP contribution is -2.23. The number of hydrogen-bond donors (Lipinski definition) is 1. The van der Waals surface area contributed by atoms with Gasteiger partial charge in [0.05, 0.1) is 11.0 Å². The van der Waals surface area contributed by atoms with E-state index in [1.54, 1.807) is 11.3 Å². The molecule has 0 aromatic carbocycles. The smallest absolute Gasteiger partial charge is 0.227 e. The van der Waals surface area contributed by atoms with Gasteiger partial charge in [0.15, 0.2) is 0 Å². The molecule has 3 rings (SSSR count). The van der Waals surface area contributed by atoms with Gasteiger partial charge in [0.25, 0.3) is 0 Å². The summed E-state index contributed by atoms with van der Waals surface area (Å²) in [6.07, 6.45) is 2.53. The van der Waals surface area contributed by atoms with Crippen LogP contribution in [0.4, 0.5) is 0 Å². The van der Waals surface area contributed by atoms with Crippen molar-refractivity contribution in [3.8, 4) is 10.7 Å². The fourth-order valence-electron chi connectivity index (χ4n) is 2.33. The molecule has 0 aliphatic carbocycles. The van der Waals surface area contributed by atoms with E-state index in [-0.39, 0.29) is 6.10 Å². The van der Waals surface area contributed by atoms with Crippen LogP contribution in [0.2, 0.25) is 0 Å². The lowest BCUT2D eigenvalue weighted by atomic mass is 10.3. The van der Waals surface area contributed by atoms with Crippen molar-refractivity contribution in [3.05, 3.63) is 23.4 Å². The number of thiophene rings is 1. The maximum atomic E-state index is 9.44. The van der Waals surface area contributed by atoms with Crippen LogP contribution in [0.5, 0.6) is 0 Å². The summed E-state index contributed by atoms with van der Waals surface area (Å²) in [5, 5.41) is 15.4. The third kappa shape index (κ3) is 3.20. The van der Waals surface area contributed by atoms with Crippen LogP contribution >= 0.6 is 11.3 Å². The van der Waals surface area contributed by atoms with E-state index in [1.807, 2.05) is 17.5 Å². The summed E-state index contributed by atoms with van der Waals surface area (Å²) in [7, 11) is 0. The summed E-state index contributed by atoms with van der Waals surface area (Å²) in [5.74, 6) is 1.38. The van der Waals surface area contributed by atoms with Gasteiger partial charge in [-0.15, -0.1) is 11.3 Å². The first-order chi connectivity index (χ1) is 9.31. The summed E-state index contributed by atoms with van der Waals surface area (Å²) < 4.78 is 5.25. The van der Waals surface area contributed by atoms with E-state index >= 15 is 0 Å². The number of aliphatic hydroxyl groups is 1. The third-order valence-corrected chi connectivity index (χ3v) is 4.19. The summed E-state index contributed by atoms with van der Waals surface area (Å²) >= 11 is 1.61. The fraction of sp³-hybridized carbons (Fsp3) is 0.538. The van der Waals surface area contributed by atoms with Gasteiger partial charge in [-0.25, -0.2) is 0 Å². The number of aromatic nitrogens is 2. The summed E-state index contributed by atoms with van der Waals surface area (Å²) in [4.78, 5) is 7.72. The maximum absolute atomic E-state index is 9.44. The number of β-amino-alcohol motifs (C(OH)–C–C–N with tert-alkyl or cyclic N) is 1. The molecule has 1 fully saturated rings. The zero-order chi connectivity index (χ0) is 13.1. The van der Waals surface area contributed by atoms with Crippen LogP contribution in [0.3, 0.4) is 0 Å². The standard InChI is InChI=1S/C13H17N3O2S/c17-10-5-7-16(9-10)6-1-4-12-14-13(15-18-12)11-3-2-8-19-11/h2-3,8,10,17H,1,4-7,9H2/t10-/m0/s1. The Balaban J connectivity index is 1.48. The zero-order valence-corrected chi connectivity index (χ0v) is 11.5. The van der Waals surface area contributed by atoms with Crippen molar-refractivity contribution in [1.82, 2.24) is 15.0 Å². The highest BCUT2D eigenvalue weighted by atomic mass is 32.1. The van der Waals surface area contributed by atoms with E-state index in [1.165, 1.54) is 0 Å². The first kappa shape index (κ1) is 12.8. The van der Waals surface area contributed by atoms with E-state index in [0.717, 1.165) is 43.8 Å². The van der Waals surface area contributed by atoms with Crippen molar-refractivity contribution >= 4 is 11.3 Å². The van der Waals surface area contributed by atoms with Crippen molar-refractivity contribution in [2.45, 2.75) is 25.4 Å². The van der Waals surface area contributed by atoms with Gasteiger partial charge in [0.1, 0.15) is 0 Å². The molecule has 1 aliphatic rings. The molecule has 2 aromatic rings. The Kier molecular flexibility index (Phi) is 3.91. The Morgan fingerprint density at radius 2 is 2.47 bits per heavy atom. The minimum Gasteiger partial charge on any atom is -0.392 e. The average Bonchev–Trinajstić information content (AvgIpc) is 3.09. The van der Waals surface area contributed by atoms with E-state index in [2.05, 4.69) is 15.0 Å². The number of rotatable bonds is 5. The molecule has 1 saturated heterocycles. The number of nitrogens with zero attached hydrogens (tertiary/aromatic N) is 3. The van der Waals surface area contributed by atoms with Gasteiger partial charge in [0, 0.05) is 19.5 Å². The van der Waals surface area contributed by atoms with Gasteiger partial charge in [-0.1, -0.05) is 11.2 Å². The Morgan fingerprint density at radius 3 is 3.21 bits per heavy atom. The predicted octanol–water partition coefficient (Wildman–Crippen LogP) is 1.80. The predicted molar refractivity (Wildman–Crippen MR) is 73.0 cm³/mol. The normalized spacial score (nSPS) is 20.2. The lowest BCUT2D eigenvalue weighted by Gasteiger charge is -2.13. The van der Waals surface area contributed by atoms with Gasteiger partial charge in [0.2, 0.25) is 11.7 Å². The molecular formula is C13H17N3O2S. The lowest BCUT2D eigenvalue weighted by molar-refractivity contribution is 0.175. The van der Waals surface area contributed by atoms with Crippen LogP contribution in [0.1, 0.15) is 18.7 Å². The topological polar surface area (TPSA) is 62.4 Å². The quantitative estimate of drug-likeness (QED) is 0.904. The molecule has 102 valence electrons. The summed E-state index contributed by atoms with van der Waals surface area (Å²) in [6.45, 7) is 2.77. The largest absolute Gasteiger partial charge is 0.392 e. The second kappa shape index (κ2) is 5.81. The molecule has 0 spiro atoms. The molecule has 6 heteroatoms. The molecule has 2 aromatic heterocycles. The minimum absolute atomic E-state index is 0.145. The highest BCUT2D eigenvalue weighted by molar-refractivity contribution is 7.13. The minimum atomic E-state index is -0.145. The molecule has 0 bridgehead atoms. The molecule has 19 heavy (non-hydrogen) atoms. The molecule has 5 nitrogen and oxygen atoms in total. The first-order valence-electron chi connectivity index (χ1n) is 6.58. The Morgan fingerprint density at radius 1 is 1.53 bits per heavy atom. The molecule has 1 atom stereocenters. The Labute approximate surface area is 115 Å². The third-order valence-electron chi connectivity index (χ3n) is 3.32. The van der Waals surface area contributed by atoms with Gasteiger partial charge >= 0.3 is 0 Å². The molecule has 1 N–H and O–H groups in total. The average molecular weight is 279 g/mol. The van der Waals surface area contributed by atoms with Gasteiger partial charge < -0.3 is 14.5 Å². The molecule has 0 unspecified atom stereocenters. The van der Waals surface area contributed by atoms with Crippen molar-refractivity contribution in [1.29, 1.82) is 0 Å². The number of aryl methyl sites for hydroxylation is 1. The van der Waals surface area contributed by atoms with E-state index in [0.29, 0.717) is 11.7 Å². The molecule has 0 amide bonds. The van der Waals surface area contributed by atoms with Crippen molar-refractivity contribution in [2.24, 2.45) is 0 Å². The molecule has 0 saturated carbocycles. The van der Waals surface area contributed by atoms with E-state index < -0.39 is 0 Å². The number of aliphatic hydroxyl groups excluding tert-OH is 1. The molecular weight excluding hydrogens is 262 g/mol. The fourth-order valence-corrected chi connectivity index (χ4v) is 2.98. The monoisotopic (exact) mass is 279 g/mol. The summed E-state index contributed by atoms with van der Waals surface area (Å²) in [5.41, 5.74) is 0. The maximum Gasteiger partial charge on any atom is 0.227 e. The van der Waals surface area contributed by atoms with Crippen LogP contribution in [-0.2, 0) is 6.42 Å². The van der Waals surface area contributed by atoms with Gasteiger partial charge in [-0.05, 0) is 30.8 Å². The molecule has 3 heterocycles. The first-order valence-corrected chi connectivity index (χ1v) is 7.46. The summed E-state index contributed by atoms with van der Waals surface area (Å²) in [6, 6.07) is 3.97. The van der Waals surface area contributed by atoms with Crippen LogP contribution in [0, 0.1) is 0 Å². The SMILES string of the molecule is O[C@H]1CCN(CCCc2nc(-c3cccs3)no2)C1. The zero-order valence-electron chi connectivity index (χ0n) is 10.7. The van der Waals surface area contributed by atoms with Gasteiger partial charge in [-0.2, -0.15) is 4.98 Å². The van der Waals surface area contributed by atoms with E-state index in [4.69, 9.17) is 4.52 Å². The number of likely N-dealkylation sites (tertiary alicyclic amines) is 1. The molecule has 0 radical (unpaired) electrons. The van der Waals surface area contributed by atoms with Crippen LogP contribution in [0.15, 0.2) is 22.0 Å². The second-order valence-corrected chi connectivity index (χ2v) is 5.78. The van der Waals surface area contributed by atoms with Crippen LogP contribution in [-0.4, -0.2) is 45.9 Å². The number of hydrogen-bond acceptors (Lipinski definition) is 6. The molecule has 1 aliphatic heterocycles.